The molecule has 3 nitrogen and oxygen atoms in total. The molecule has 4 heteroatoms. The summed E-state index contributed by atoms with van der Waals surface area (Å²) >= 11 is 3.51. The van der Waals surface area contributed by atoms with Crippen molar-refractivity contribution < 1.29 is 4.42 Å². The Hall–Kier alpha value is -1.68. The van der Waals surface area contributed by atoms with Gasteiger partial charge in [-0.15, -0.1) is 0 Å². The van der Waals surface area contributed by atoms with Gasteiger partial charge >= 0.3 is 0 Å². The third-order valence-corrected chi connectivity index (χ3v) is 3.18. The number of hydrogen-bond acceptors (Lipinski definition) is 3. The molecule has 0 N–H and O–H groups in total. The van der Waals surface area contributed by atoms with Crippen molar-refractivity contribution in [1.29, 1.82) is 0 Å². The molecule has 0 atom stereocenters. The minimum atomic E-state index is 0.732. The molecule has 0 aliphatic carbocycles. The lowest BCUT2D eigenvalue weighted by atomic mass is 10.1. The van der Waals surface area contributed by atoms with E-state index in [1.807, 2.05) is 37.3 Å². The highest BCUT2D eigenvalue weighted by Crippen LogP contribution is 2.30. The van der Waals surface area contributed by atoms with Crippen LogP contribution in [0.4, 0.5) is 0 Å². The van der Waals surface area contributed by atoms with Crippen molar-refractivity contribution >= 4 is 26.8 Å². The molecule has 0 radical (unpaired) electrons. The quantitative estimate of drug-likeness (QED) is 0.680. The van der Waals surface area contributed by atoms with Crippen LogP contribution in [0.1, 0.15) is 5.82 Å². The number of para-hydroxylation sites is 1. The van der Waals surface area contributed by atoms with Crippen LogP contribution >= 0.6 is 15.9 Å². The van der Waals surface area contributed by atoms with Gasteiger partial charge in [-0.25, -0.2) is 9.97 Å². The first-order valence-corrected chi connectivity index (χ1v) is 6.02. The van der Waals surface area contributed by atoms with E-state index in [2.05, 4.69) is 25.9 Å². The molecular weight excluding hydrogens is 280 g/mol. The molecule has 17 heavy (non-hydrogen) atoms. The molecule has 0 saturated carbocycles. The molecule has 0 fully saturated rings. The first-order valence-electron chi connectivity index (χ1n) is 5.22. The number of benzene rings is 1. The predicted molar refractivity (Wildman–Crippen MR) is 69.7 cm³/mol. The van der Waals surface area contributed by atoms with Gasteiger partial charge in [0.25, 0.3) is 0 Å². The topological polar surface area (TPSA) is 38.9 Å². The van der Waals surface area contributed by atoms with Gasteiger partial charge in [0.15, 0.2) is 5.76 Å². The zero-order chi connectivity index (χ0) is 11.8. The molecular formula is C13H9BrN2O. The Morgan fingerprint density at radius 2 is 2.00 bits per heavy atom. The van der Waals surface area contributed by atoms with Crippen LogP contribution in [-0.4, -0.2) is 9.97 Å². The highest BCUT2D eigenvalue weighted by molar-refractivity contribution is 9.10. The zero-order valence-electron chi connectivity index (χ0n) is 9.14. The van der Waals surface area contributed by atoms with Gasteiger partial charge in [-0.05, 0) is 41.1 Å². The number of hydrogen-bond donors (Lipinski definition) is 0. The summed E-state index contributed by atoms with van der Waals surface area (Å²) in [6.07, 6.45) is 1.65. The van der Waals surface area contributed by atoms with Gasteiger partial charge in [-0.1, -0.05) is 12.1 Å². The fourth-order valence-corrected chi connectivity index (χ4v) is 2.28. The van der Waals surface area contributed by atoms with Crippen molar-refractivity contribution in [2.75, 3.05) is 0 Å². The van der Waals surface area contributed by atoms with Gasteiger partial charge in [0.05, 0.1) is 11.8 Å². The van der Waals surface area contributed by atoms with Crippen LogP contribution in [0.3, 0.4) is 0 Å². The molecule has 3 rings (SSSR count). The highest BCUT2D eigenvalue weighted by Gasteiger charge is 2.11. The Labute approximate surface area is 107 Å². The first-order chi connectivity index (χ1) is 8.25. The summed E-state index contributed by atoms with van der Waals surface area (Å²) in [6.45, 7) is 1.88. The van der Waals surface area contributed by atoms with E-state index < -0.39 is 0 Å². The van der Waals surface area contributed by atoms with E-state index in [1.54, 1.807) is 6.26 Å². The highest BCUT2D eigenvalue weighted by atomic mass is 79.9. The van der Waals surface area contributed by atoms with Crippen molar-refractivity contribution in [2.45, 2.75) is 6.92 Å². The smallest absolute Gasteiger partial charge is 0.153 e. The fraction of sp³-hybridized carbons (Fsp3) is 0.0769. The van der Waals surface area contributed by atoms with Gasteiger partial charge in [0.2, 0.25) is 0 Å². The normalized spacial score (nSPS) is 10.9. The lowest BCUT2D eigenvalue weighted by molar-refractivity contribution is 0.580. The lowest BCUT2D eigenvalue weighted by Crippen LogP contribution is -1.93. The predicted octanol–water partition coefficient (Wildman–Crippen LogP) is 3.96. The van der Waals surface area contributed by atoms with Gasteiger partial charge in [-0.3, -0.25) is 0 Å². The van der Waals surface area contributed by atoms with E-state index in [0.717, 1.165) is 32.7 Å². The summed E-state index contributed by atoms with van der Waals surface area (Å²) in [4.78, 5) is 8.91. The molecule has 2 aromatic heterocycles. The van der Waals surface area contributed by atoms with Crippen LogP contribution in [0.5, 0.6) is 0 Å². The summed E-state index contributed by atoms with van der Waals surface area (Å²) in [5, 5.41) is 0.986. The van der Waals surface area contributed by atoms with Crippen LogP contribution in [-0.2, 0) is 0 Å². The number of furan rings is 1. The number of nitrogens with zero attached hydrogens (tertiary/aromatic N) is 2. The fourth-order valence-electron chi connectivity index (χ4n) is 1.83. The monoisotopic (exact) mass is 288 g/mol. The summed E-state index contributed by atoms with van der Waals surface area (Å²) in [5.74, 6) is 1.49. The van der Waals surface area contributed by atoms with Crippen molar-refractivity contribution in [3.05, 3.63) is 46.9 Å². The van der Waals surface area contributed by atoms with E-state index in [-0.39, 0.29) is 0 Å². The van der Waals surface area contributed by atoms with E-state index >= 15 is 0 Å². The molecule has 0 bridgehead atoms. The van der Waals surface area contributed by atoms with Gasteiger partial charge in [0.1, 0.15) is 11.5 Å². The average molecular weight is 289 g/mol. The molecule has 0 spiro atoms. The summed E-state index contributed by atoms with van der Waals surface area (Å²) in [5.41, 5.74) is 1.74. The summed E-state index contributed by atoms with van der Waals surface area (Å²) in [7, 11) is 0. The maximum atomic E-state index is 5.42. The van der Waals surface area contributed by atoms with Crippen molar-refractivity contribution in [3.8, 4) is 11.5 Å². The number of rotatable bonds is 1. The molecule has 0 amide bonds. The second-order valence-corrected chi connectivity index (χ2v) is 4.59. The maximum absolute atomic E-state index is 5.42. The minimum absolute atomic E-state index is 0.732. The van der Waals surface area contributed by atoms with Crippen molar-refractivity contribution in [3.63, 3.8) is 0 Å². The third-order valence-electron chi connectivity index (χ3n) is 2.54. The van der Waals surface area contributed by atoms with E-state index in [9.17, 15) is 0 Å². The molecule has 84 valence electrons. The van der Waals surface area contributed by atoms with Crippen LogP contribution in [0.15, 0.2) is 45.5 Å². The summed E-state index contributed by atoms with van der Waals surface area (Å²) < 4.78 is 6.38. The Balaban J connectivity index is 2.42. The lowest BCUT2D eigenvalue weighted by Gasteiger charge is -2.05. The van der Waals surface area contributed by atoms with Crippen molar-refractivity contribution in [1.82, 2.24) is 9.97 Å². The van der Waals surface area contributed by atoms with E-state index in [4.69, 9.17) is 4.42 Å². The Kier molecular flexibility index (Phi) is 2.44. The largest absolute Gasteiger partial charge is 0.463 e. The van der Waals surface area contributed by atoms with Gasteiger partial charge in [0, 0.05) is 9.86 Å². The summed E-state index contributed by atoms with van der Waals surface area (Å²) in [6, 6.07) is 9.70. The van der Waals surface area contributed by atoms with Crippen LogP contribution in [0, 0.1) is 6.92 Å². The molecule has 0 saturated heterocycles. The second kappa shape index (κ2) is 3.96. The van der Waals surface area contributed by atoms with Crippen LogP contribution in [0.2, 0.25) is 0 Å². The number of aryl methyl sites for hydroxylation is 1. The Morgan fingerprint density at radius 3 is 2.76 bits per heavy atom. The van der Waals surface area contributed by atoms with Crippen molar-refractivity contribution in [2.24, 2.45) is 0 Å². The zero-order valence-corrected chi connectivity index (χ0v) is 10.7. The van der Waals surface area contributed by atoms with Gasteiger partial charge in [-0.2, -0.15) is 0 Å². The van der Waals surface area contributed by atoms with Crippen LogP contribution in [0.25, 0.3) is 22.4 Å². The van der Waals surface area contributed by atoms with E-state index in [1.165, 1.54) is 0 Å². The minimum Gasteiger partial charge on any atom is -0.463 e. The number of aromatic nitrogens is 2. The molecule has 0 aliphatic heterocycles. The van der Waals surface area contributed by atoms with Crippen LogP contribution < -0.4 is 0 Å². The standard InChI is InChI=1S/C13H9BrN2O/c1-8-15-12-9(4-2-5-10(12)14)13(16-8)11-6-3-7-17-11/h2-7H,1H3. The maximum Gasteiger partial charge on any atom is 0.153 e. The Bertz CT molecular complexity index is 677. The Morgan fingerprint density at radius 1 is 1.12 bits per heavy atom. The average Bonchev–Trinajstić information content (AvgIpc) is 2.83. The molecule has 2 heterocycles. The number of fused-ring (bicyclic) bond motifs is 1. The SMILES string of the molecule is Cc1nc(-c2ccco2)c2cccc(Br)c2n1. The third kappa shape index (κ3) is 1.74. The molecule has 1 aromatic carbocycles. The number of halogens is 1. The van der Waals surface area contributed by atoms with Gasteiger partial charge < -0.3 is 4.42 Å². The molecule has 0 aliphatic rings. The second-order valence-electron chi connectivity index (χ2n) is 3.73. The first kappa shape index (κ1) is 10.5. The molecule has 3 aromatic rings. The molecule has 0 unspecified atom stereocenters. The van der Waals surface area contributed by atoms with E-state index in [0.29, 0.717) is 0 Å².